The Kier molecular flexibility index (Phi) is 3.77. The van der Waals surface area contributed by atoms with Crippen molar-refractivity contribution in [3.63, 3.8) is 0 Å². The van der Waals surface area contributed by atoms with Crippen LogP contribution in [0.25, 0.3) is 0 Å². The smallest absolute Gasteiger partial charge is 0.414 e. The Bertz CT molecular complexity index is 638. The lowest BCUT2D eigenvalue weighted by Gasteiger charge is -2.14. The van der Waals surface area contributed by atoms with E-state index in [1.165, 1.54) is 0 Å². The Morgan fingerprint density at radius 2 is 2.33 bits per heavy atom. The standard InChI is InChI=1S/C15H18N4O2/c1-2-18-7-6-16-14(18)11-17-12-4-3-5-13(10-12)19-8-9-21-15(19)20/h3-7,10,17H,2,8-9,11H2,1H3. The van der Waals surface area contributed by atoms with Gasteiger partial charge in [-0.2, -0.15) is 0 Å². The van der Waals surface area contributed by atoms with Gasteiger partial charge >= 0.3 is 6.09 Å². The number of ether oxygens (including phenoxy) is 1. The third kappa shape index (κ3) is 2.84. The van der Waals surface area contributed by atoms with Crippen LogP contribution in [0.5, 0.6) is 0 Å². The molecule has 1 aliphatic heterocycles. The number of nitrogens with one attached hydrogen (secondary N) is 1. The van der Waals surface area contributed by atoms with Crippen LogP contribution in [-0.2, 0) is 17.8 Å². The Morgan fingerprint density at radius 3 is 3.10 bits per heavy atom. The number of hydrogen-bond acceptors (Lipinski definition) is 4. The largest absolute Gasteiger partial charge is 0.447 e. The summed E-state index contributed by atoms with van der Waals surface area (Å²) >= 11 is 0. The lowest BCUT2D eigenvalue weighted by Crippen LogP contribution is -2.23. The van der Waals surface area contributed by atoms with Crippen molar-refractivity contribution in [2.24, 2.45) is 0 Å². The molecule has 0 bridgehead atoms. The van der Waals surface area contributed by atoms with E-state index in [1.54, 1.807) is 11.1 Å². The molecular weight excluding hydrogens is 268 g/mol. The summed E-state index contributed by atoms with van der Waals surface area (Å²) in [6, 6.07) is 7.76. The van der Waals surface area contributed by atoms with Gasteiger partial charge in [-0.3, -0.25) is 4.90 Å². The molecular formula is C15H18N4O2. The minimum atomic E-state index is -0.284. The molecule has 0 unspecified atom stereocenters. The zero-order valence-electron chi connectivity index (χ0n) is 12.0. The maximum Gasteiger partial charge on any atom is 0.414 e. The van der Waals surface area contributed by atoms with Crippen LogP contribution in [0.1, 0.15) is 12.7 Å². The maximum atomic E-state index is 11.6. The molecule has 6 nitrogen and oxygen atoms in total. The van der Waals surface area contributed by atoms with Gasteiger partial charge in [-0.15, -0.1) is 0 Å². The Balaban J connectivity index is 1.70. The molecule has 1 fully saturated rings. The van der Waals surface area contributed by atoms with Crippen LogP contribution in [0.2, 0.25) is 0 Å². The first-order valence-corrected chi connectivity index (χ1v) is 7.06. The molecule has 0 radical (unpaired) electrons. The molecule has 1 amide bonds. The molecule has 0 atom stereocenters. The second-order valence-corrected chi connectivity index (χ2v) is 4.80. The van der Waals surface area contributed by atoms with Crippen LogP contribution in [0, 0.1) is 0 Å². The minimum absolute atomic E-state index is 0.284. The summed E-state index contributed by atoms with van der Waals surface area (Å²) in [5.74, 6) is 0.989. The SMILES string of the molecule is CCn1ccnc1CNc1cccc(N2CCOC2=O)c1. The maximum absolute atomic E-state index is 11.6. The first-order valence-electron chi connectivity index (χ1n) is 7.06. The highest BCUT2D eigenvalue weighted by Crippen LogP contribution is 2.22. The van der Waals surface area contributed by atoms with Crippen molar-refractivity contribution in [2.45, 2.75) is 20.0 Å². The van der Waals surface area contributed by atoms with Crippen LogP contribution in [-0.4, -0.2) is 28.8 Å². The molecule has 21 heavy (non-hydrogen) atoms. The van der Waals surface area contributed by atoms with Crippen molar-refractivity contribution in [3.8, 4) is 0 Å². The molecule has 6 heteroatoms. The summed E-state index contributed by atoms with van der Waals surface area (Å²) in [7, 11) is 0. The van der Waals surface area contributed by atoms with Gasteiger partial charge in [0, 0.05) is 30.3 Å². The van der Waals surface area contributed by atoms with Gasteiger partial charge in [-0.05, 0) is 25.1 Å². The van der Waals surface area contributed by atoms with Crippen molar-refractivity contribution in [1.82, 2.24) is 9.55 Å². The van der Waals surface area contributed by atoms with Crippen LogP contribution >= 0.6 is 0 Å². The van der Waals surface area contributed by atoms with Gasteiger partial charge in [0.25, 0.3) is 0 Å². The lowest BCUT2D eigenvalue weighted by molar-refractivity contribution is 0.181. The molecule has 1 N–H and O–H groups in total. The van der Waals surface area contributed by atoms with Crippen molar-refractivity contribution in [1.29, 1.82) is 0 Å². The second-order valence-electron chi connectivity index (χ2n) is 4.80. The predicted molar refractivity (Wildman–Crippen MR) is 80.4 cm³/mol. The van der Waals surface area contributed by atoms with Gasteiger partial charge in [0.1, 0.15) is 12.4 Å². The summed E-state index contributed by atoms with van der Waals surface area (Å²) in [6.45, 7) is 4.68. The highest BCUT2D eigenvalue weighted by molar-refractivity contribution is 5.89. The first-order chi connectivity index (χ1) is 10.3. The van der Waals surface area contributed by atoms with Crippen molar-refractivity contribution in [2.75, 3.05) is 23.4 Å². The molecule has 3 rings (SSSR count). The van der Waals surface area contributed by atoms with E-state index in [1.807, 2.05) is 30.5 Å². The van der Waals surface area contributed by atoms with Gasteiger partial charge in [-0.25, -0.2) is 9.78 Å². The Hall–Kier alpha value is -2.50. The number of aromatic nitrogens is 2. The Labute approximate surface area is 123 Å². The minimum Gasteiger partial charge on any atom is -0.447 e. The summed E-state index contributed by atoms with van der Waals surface area (Å²) in [6.07, 6.45) is 3.49. The summed E-state index contributed by atoms with van der Waals surface area (Å²) in [5, 5.41) is 3.34. The monoisotopic (exact) mass is 286 g/mol. The summed E-state index contributed by atoms with van der Waals surface area (Å²) < 4.78 is 7.05. The zero-order chi connectivity index (χ0) is 14.7. The number of carbonyl (C=O) groups is 1. The molecule has 2 aromatic rings. The van der Waals surface area contributed by atoms with Crippen molar-refractivity contribution >= 4 is 17.5 Å². The first kappa shape index (κ1) is 13.5. The van der Waals surface area contributed by atoms with E-state index in [9.17, 15) is 4.79 Å². The molecule has 0 spiro atoms. The van der Waals surface area contributed by atoms with Crippen molar-refractivity contribution < 1.29 is 9.53 Å². The third-order valence-corrected chi connectivity index (χ3v) is 3.51. The number of carbonyl (C=O) groups excluding carboxylic acids is 1. The predicted octanol–water partition coefficient (Wildman–Crippen LogP) is 2.47. The van der Waals surface area contributed by atoms with Gasteiger partial charge in [0.15, 0.2) is 0 Å². The number of anilines is 2. The highest BCUT2D eigenvalue weighted by Gasteiger charge is 2.23. The van der Waals surface area contributed by atoms with E-state index in [4.69, 9.17) is 4.74 Å². The number of aryl methyl sites for hydroxylation is 1. The van der Waals surface area contributed by atoms with Crippen LogP contribution in [0.4, 0.5) is 16.2 Å². The highest BCUT2D eigenvalue weighted by atomic mass is 16.6. The van der Waals surface area contributed by atoms with Crippen LogP contribution < -0.4 is 10.2 Å². The normalized spacial score (nSPS) is 14.3. The van der Waals surface area contributed by atoms with Crippen LogP contribution in [0.15, 0.2) is 36.7 Å². The molecule has 2 heterocycles. The number of hydrogen-bond donors (Lipinski definition) is 1. The van der Waals surface area contributed by atoms with Gasteiger partial charge in [-0.1, -0.05) is 6.07 Å². The van der Waals surface area contributed by atoms with E-state index in [2.05, 4.69) is 21.8 Å². The molecule has 1 aromatic carbocycles. The van der Waals surface area contributed by atoms with E-state index >= 15 is 0 Å². The molecule has 0 aliphatic carbocycles. The number of rotatable bonds is 5. The average Bonchev–Trinajstić information content (AvgIpc) is 3.13. The number of imidazole rings is 1. The van der Waals surface area contributed by atoms with Crippen LogP contribution in [0.3, 0.4) is 0 Å². The van der Waals surface area contributed by atoms with Gasteiger partial charge in [0.2, 0.25) is 0 Å². The molecule has 1 saturated heterocycles. The fourth-order valence-corrected chi connectivity index (χ4v) is 2.39. The quantitative estimate of drug-likeness (QED) is 0.917. The number of cyclic esters (lactones) is 1. The van der Waals surface area contributed by atoms with E-state index in [0.717, 1.165) is 23.7 Å². The third-order valence-electron chi connectivity index (χ3n) is 3.51. The number of amides is 1. The topological polar surface area (TPSA) is 59.4 Å². The Morgan fingerprint density at radius 1 is 1.43 bits per heavy atom. The van der Waals surface area contributed by atoms with Gasteiger partial charge < -0.3 is 14.6 Å². The lowest BCUT2D eigenvalue weighted by atomic mass is 10.2. The molecule has 1 aliphatic rings. The van der Waals surface area contributed by atoms with Crippen molar-refractivity contribution in [3.05, 3.63) is 42.5 Å². The number of benzene rings is 1. The fourth-order valence-electron chi connectivity index (χ4n) is 2.39. The number of nitrogens with zero attached hydrogens (tertiary/aromatic N) is 3. The van der Waals surface area contributed by atoms with E-state index in [-0.39, 0.29) is 6.09 Å². The zero-order valence-corrected chi connectivity index (χ0v) is 12.0. The summed E-state index contributed by atoms with van der Waals surface area (Å²) in [5.41, 5.74) is 1.80. The fraction of sp³-hybridized carbons (Fsp3) is 0.333. The molecule has 0 saturated carbocycles. The second kappa shape index (κ2) is 5.87. The molecule has 110 valence electrons. The van der Waals surface area contributed by atoms with E-state index in [0.29, 0.717) is 19.7 Å². The molecule has 1 aromatic heterocycles. The van der Waals surface area contributed by atoms with Gasteiger partial charge in [0.05, 0.1) is 13.1 Å². The summed E-state index contributed by atoms with van der Waals surface area (Å²) in [4.78, 5) is 17.6. The van der Waals surface area contributed by atoms with E-state index < -0.39 is 0 Å². The average molecular weight is 286 g/mol.